The molecule has 4 rings (SSSR count). The molecule has 0 saturated carbocycles. The van der Waals surface area contributed by atoms with Crippen LogP contribution in [0.15, 0.2) is 65.1 Å². The highest BCUT2D eigenvalue weighted by Crippen LogP contribution is 2.50. The van der Waals surface area contributed by atoms with Gasteiger partial charge in [0.05, 0.1) is 24.2 Å². The Balaban J connectivity index is 1.81. The van der Waals surface area contributed by atoms with Crippen molar-refractivity contribution in [1.82, 2.24) is 4.90 Å². The molecule has 1 aliphatic carbocycles. The zero-order chi connectivity index (χ0) is 26.0. The molecule has 2 aromatic rings. The number of nitriles is 1. The molecular formula is C28H29Cl2N3O3. The summed E-state index contributed by atoms with van der Waals surface area (Å²) in [6, 6.07) is 15.0. The van der Waals surface area contributed by atoms with Crippen LogP contribution in [-0.2, 0) is 16.1 Å². The van der Waals surface area contributed by atoms with Crippen LogP contribution < -0.4 is 10.5 Å². The molecule has 36 heavy (non-hydrogen) atoms. The fourth-order valence-corrected chi connectivity index (χ4v) is 5.43. The van der Waals surface area contributed by atoms with Gasteiger partial charge in [0.25, 0.3) is 0 Å². The largest absolute Gasteiger partial charge is 0.489 e. The highest BCUT2D eigenvalue weighted by molar-refractivity contribution is 6.35. The number of rotatable bonds is 7. The summed E-state index contributed by atoms with van der Waals surface area (Å²) in [4.78, 5) is 15.5. The molecule has 6 nitrogen and oxygen atoms in total. The molecule has 0 bridgehead atoms. The van der Waals surface area contributed by atoms with Gasteiger partial charge in [-0.1, -0.05) is 61.3 Å². The number of nitrogens with zero attached hydrogens (tertiary/aromatic N) is 2. The number of ether oxygens (including phenoxy) is 2. The molecule has 0 fully saturated rings. The quantitative estimate of drug-likeness (QED) is 0.479. The lowest BCUT2D eigenvalue weighted by Gasteiger charge is -2.44. The molecule has 1 aliphatic heterocycles. The predicted octanol–water partition coefficient (Wildman–Crippen LogP) is 5.96. The average Bonchev–Trinajstić information content (AvgIpc) is 2.82. The molecule has 2 aromatic carbocycles. The van der Waals surface area contributed by atoms with Gasteiger partial charge in [-0.3, -0.25) is 4.79 Å². The number of Topliss-reactive ketones (excluding diaryl/α,β-unsaturated/α-hetero) is 1. The fourth-order valence-electron chi connectivity index (χ4n) is 4.97. The Morgan fingerprint density at radius 3 is 2.64 bits per heavy atom. The molecule has 0 spiro atoms. The SMILES string of the molecule is COCCN1C(N)=C(C#N)[C@@H](c2ccccc2OCc2ccc(Cl)cc2Cl)C2=C1CC(C)(C)CC2=O. The van der Waals surface area contributed by atoms with Gasteiger partial charge < -0.3 is 20.1 Å². The molecule has 188 valence electrons. The Hall–Kier alpha value is -2.98. The van der Waals surface area contributed by atoms with Crippen LogP contribution in [0.5, 0.6) is 5.75 Å². The number of para-hydroxylation sites is 1. The number of allylic oxidation sites excluding steroid dienone is 3. The number of carbonyl (C=O) groups excluding carboxylic acids is 1. The van der Waals surface area contributed by atoms with Crippen molar-refractivity contribution >= 4 is 29.0 Å². The van der Waals surface area contributed by atoms with Gasteiger partial charge in [-0.25, -0.2) is 0 Å². The van der Waals surface area contributed by atoms with E-state index in [0.717, 1.165) is 11.3 Å². The third-order valence-corrected chi connectivity index (χ3v) is 7.22. The number of nitrogens with two attached hydrogens (primary N) is 1. The van der Waals surface area contributed by atoms with Crippen molar-refractivity contribution in [1.29, 1.82) is 5.26 Å². The molecular weight excluding hydrogens is 497 g/mol. The number of hydrogen-bond acceptors (Lipinski definition) is 6. The number of halogens is 2. The minimum absolute atomic E-state index is 0.0180. The first kappa shape index (κ1) is 26.1. The van der Waals surface area contributed by atoms with Gasteiger partial charge in [0.1, 0.15) is 18.2 Å². The number of hydrogen-bond donors (Lipinski definition) is 1. The fraction of sp³-hybridized carbons (Fsp3) is 0.357. The smallest absolute Gasteiger partial charge is 0.162 e. The van der Waals surface area contributed by atoms with Crippen LogP contribution in [0.25, 0.3) is 0 Å². The van der Waals surface area contributed by atoms with Crippen molar-refractivity contribution in [2.75, 3.05) is 20.3 Å². The van der Waals surface area contributed by atoms with Crippen LogP contribution >= 0.6 is 23.2 Å². The molecule has 2 aliphatic rings. The molecule has 2 N–H and O–H groups in total. The van der Waals surface area contributed by atoms with E-state index in [0.29, 0.717) is 64.3 Å². The second-order valence-corrected chi connectivity index (χ2v) is 10.7. The summed E-state index contributed by atoms with van der Waals surface area (Å²) in [5.74, 6) is 0.303. The molecule has 1 heterocycles. The van der Waals surface area contributed by atoms with Crippen molar-refractivity contribution in [2.45, 2.75) is 39.2 Å². The maximum atomic E-state index is 13.6. The van der Waals surface area contributed by atoms with E-state index in [1.165, 1.54) is 0 Å². The molecule has 0 amide bonds. The second kappa shape index (κ2) is 10.6. The van der Waals surface area contributed by atoms with E-state index in [1.807, 2.05) is 35.2 Å². The first-order valence-electron chi connectivity index (χ1n) is 11.7. The number of methoxy groups -OCH3 is 1. The van der Waals surface area contributed by atoms with Crippen LogP contribution in [0.4, 0.5) is 0 Å². The van der Waals surface area contributed by atoms with Crippen LogP contribution in [0, 0.1) is 16.7 Å². The molecule has 8 heteroatoms. The zero-order valence-corrected chi connectivity index (χ0v) is 22.1. The maximum Gasteiger partial charge on any atom is 0.162 e. The zero-order valence-electron chi connectivity index (χ0n) is 20.6. The topological polar surface area (TPSA) is 88.6 Å². The Kier molecular flexibility index (Phi) is 7.65. The van der Waals surface area contributed by atoms with E-state index < -0.39 is 5.92 Å². The molecule has 0 saturated heterocycles. The van der Waals surface area contributed by atoms with E-state index in [9.17, 15) is 10.1 Å². The molecule has 0 radical (unpaired) electrons. The minimum Gasteiger partial charge on any atom is -0.489 e. The van der Waals surface area contributed by atoms with Crippen molar-refractivity contribution in [3.05, 3.63) is 86.3 Å². The Labute approximate surface area is 221 Å². The summed E-state index contributed by atoms with van der Waals surface area (Å²) < 4.78 is 11.5. The first-order valence-corrected chi connectivity index (χ1v) is 12.5. The van der Waals surface area contributed by atoms with Crippen molar-refractivity contribution in [2.24, 2.45) is 11.1 Å². The van der Waals surface area contributed by atoms with Crippen LogP contribution in [-0.4, -0.2) is 30.9 Å². The van der Waals surface area contributed by atoms with Gasteiger partial charge in [0.2, 0.25) is 0 Å². The highest BCUT2D eigenvalue weighted by atomic mass is 35.5. The summed E-state index contributed by atoms with van der Waals surface area (Å²) >= 11 is 12.4. The van der Waals surface area contributed by atoms with E-state index in [2.05, 4.69) is 19.9 Å². The van der Waals surface area contributed by atoms with Gasteiger partial charge in [-0.2, -0.15) is 5.26 Å². The monoisotopic (exact) mass is 525 g/mol. The van der Waals surface area contributed by atoms with E-state index in [4.69, 9.17) is 38.4 Å². The first-order chi connectivity index (χ1) is 17.2. The van der Waals surface area contributed by atoms with Crippen LogP contribution in [0.3, 0.4) is 0 Å². The maximum absolute atomic E-state index is 13.6. The lowest BCUT2D eigenvalue weighted by atomic mass is 9.68. The molecule has 1 atom stereocenters. The normalized spacial score (nSPS) is 19.3. The summed E-state index contributed by atoms with van der Waals surface area (Å²) in [7, 11) is 1.61. The van der Waals surface area contributed by atoms with E-state index in [1.54, 1.807) is 19.2 Å². The van der Waals surface area contributed by atoms with Crippen molar-refractivity contribution in [3.8, 4) is 11.8 Å². The molecule has 0 aromatic heterocycles. The van der Waals surface area contributed by atoms with Gasteiger partial charge in [-0.15, -0.1) is 0 Å². The van der Waals surface area contributed by atoms with Gasteiger partial charge >= 0.3 is 0 Å². The van der Waals surface area contributed by atoms with Gasteiger partial charge in [0, 0.05) is 52.5 Å². The lowest BCUT2D eigenvalue weighted by Crippen LogP contribution is -2.43. The summed E-state index contributed by atoms with van der Waals surface area (Å²) in [5.41, 5.74) is 9.66. The van der Waals surface area contributed by atoms with Crippen molar-refractivity contribution in [3.63, 3.8) is 0 Å². The summed E-state index contributed by atoms with van der Waals surface area (Å²) in [6.45, 7) is 5.22. The third kappa shape index (κ3) is 5.10. The standard InChI is InChI=1S/C28H29Cl2N3O3/c1-28(2)13-22-26(23(34)14-28)25(20(15-31)27(32)33(22)10-11-35-3)19-6-4-5-7-24(19)36-16-17-8-9-18(29)12-21(17)30/h4-9,12,25H,10-11,13-14,16,32H2,1-3H3/t25-/m1/s1. The van der Waals surface area contributed by atoms with Crippen LogP contribution in [0.2, 0.25) is 10.0 Å². The number of carbonyl (C=O) groups is 1. The van der Waals surface area contributed by atoms with E-state index in [-0.39, 0.29) is 17.8 Å². The second-order valence-electron chi connectivity index (χ2n) is 9.85. The molecule has 0 unspecified atom stereocenters. The van der Waals surface area contributed by atoms with Gasteiger partial charge in [0.15, 0.2) is 5.78 Å². The van der Waals surface area contributed by atoms with Crippen LogP contribution in [0.1, 0.15) is 43.7 Å². The number of ketones is 1. The average molecular weight is 526 g/mol. The summed E-state index contributed by atoms with van der Waals surface area (Å²) in [6.07, 6.45) is 1.06. The predicted molar refractivity (Wildman–Crippen MR) is 140 cm³/mol. The van der Waals surface area contributed by atoms with Crippen molar-refractivity contribution < 1.29 is 14.3 Å². The van der Waals surface area contributed by atoms with E-state index >= 15 is 0 Å². The lowest BCUT2D eigenvalue weighted by molar-refractivity contribution is -0.118. The third-order valence-electron chi connectivity index (χ3n) is 6.63. The summed E-state index contributed by atoms with van der Waals surface area (Å²) in [5, 5.41) is 11.3. The highest BCUT2D eigenvalue weighted by Gasteiger charge is 2.44. The minimum atomic E-state index is -0.621. The number of benzene rings is 2. The Bertz CT molecular complexity index is 1290. The Morgan fingerprint density at radius 1 is 1.19 bits per heavy atom. The van der Waals surface area contributed by atoms with Gasteiger partial charge in [-0.05, 0) is 30.0 Å². The Morgan fingerprint density at radius 2 is 1.94 bits per heavy atom.